The van der Waals surface area contributed by atoms with Gasteiger partial charge in [0.2, 0.25) is 0 Å². The van der Waals surface area contributed by atoms with Crippen LogP contribution in [0.1, 0.15) is 38.7 Å². The van der Waals surface area contributed by atoms with Gasteiger partial charge in [-0.2, -0.15) is 0 Å². The lowest BCUT2D eigenvalue weighted by atomic mass is 9.70. The highest BCUT2D eigenvalue weighted by Crippen LogP contribution is 2.64. The Labute approximate surface area is 126 Å². The number of sulfone groups is 1. The number of rotatable bonds is 4. The topological polar surface area (TPSA) is 51.2 Å². The lowest BCUT2D eigenvalue weighted by Crippen LogP contribution is -2.42. The van der Waals surface area contributed by atoms with Gasteiger partial charge in [0.1, 0.15) is 5.78 Å². The molecule has 1 aromatic rings. The Morgan fingerprint density at radius 2 is 1.86 bits per heavy atom. The lowest BCUT2D eigenvalue weighted by Gasteiger charge is -2.36. The molecule has 0 saturated heterocycles. The van der Waals surface area contributed by atoms with Crippen LogP contribution in [0.2, 0.25) is 0 Å². The van der Waals surface area contributed by atoms with E-state index < -0.39 is 15.3 Å². The third-order valence-corrected chi connectivity index (χ3v) is 7.54. The molecule has 3 rings (SSSR count). The highest BCUT2D eigenvalue weighted by Gasteiger charge is 2.65. The van der Waals surface area contributed by atoms with Crippen LogP contribution in [-0.2, 0) is 20.4 Å². The number of ketones is 1. The van der Waals surface area contributed by atoms with Crippen molar-refractivity contribution in [2.45, 2.75) is 38.9 Å². The van der Waals surface area contributed by atoms with Gasteiger partial charge >= 0.3 is 0 Å². The summed E-state index contributed by atoms with van der Waals surface area (Å²) >= 11 is 0. The maximum atomic E-state index is 12.6. The van der Waals surface area contributed by atoms with E-state index in [9.17, 15) is 13.2 Å². The second-order valence-electron chi connectivity index (χ2n) is 7.18. The van der Waals surface area contributed by atoms with Gasteiger partial charge in [-0.1, -0.05) is 44.2 Å². The molecule has 21 heavy (non-hydrogen) atoms. The van der Waals surface area contributed by atoms with E-state index in [1.54, 1.807) is 0 Å². The van der Waals surface area contributed by atoms with Crippen molar-refractivity contribution < 1.29 is 13.2 Å². The number of hydrogen-bond donors (Lipinski definition) is 0. The molecule has 4 heteroatoms. The van der Waals surface area contributed by atoms with Gasteiger partial charge in [-0.15, -0.1) is 0 Å². The van der Waals surface area contributed by atoms with E-state index in [2.05, 4.69) is 13.8 Å². The Morgan fingerprint density at radius 3 is 2.38 bits per heavy atom. The Hall–Kier alpha value is -1.16. The fourth-order valence-electron chi connectivity index (χ4n) is 4.36. The first kappa shape index (κ1) is 14.8. The summed E-state index contributed by atoms with van der Waals surface area (Å²) in [6.45, 7) is 4.15. The standard InChI is InChI=1S/C17H22O3S/c1-16(2)14-8-9-17(16,15(18)10-14)12-21(19,20)11-13-6-4-3-5-7-13/h3-7,14H,8-12H2,1-2H3/t14-,17-/m1/s1. The van der Waals surface area contributed by atoms with Crippen LogP contribution >= 0.6 is 0 Å². The third-order valence-electron chi connectivity index (χ3n) is 5.83. The van der Waals surface area contributed by atoms with E-state index in [1.165, 1.54) is 0 Å². The molecule has 2 bridgehead atoms. The molecular weight excluding hydrogens is 284 g/mol. The van der Waals surface area contributed by atoms with Gasteiger partial charge in [0.05, 0.1) is 11.5 Å². The SMILES string of the molecule is CC1(C)[C@@H]2CC[C@@]1(CS(=O)(=O)Cc1ccccc1)C(=O)C2. The summed E-state index contributed by atoms with van der Waals surface area (Å²) in [6.07, 6.45) is 2.28. The average molecular weight is 306 g/mol. The van der Waals surface area contributed by atoms with E-state index in [0.29, 0.717) is 12.3 Å². The summed E-state index contributed by atoms with van der Waals surface area (Å²) < 4.78 is 25.2. The molecule has 2 aliphatic rings. The zero-order chi connectivity index (χ0) is 15.3. The molecule has 0 heterocycles. The molecule has 2 aliphatic carbocycles. The highest BCUT2D eigenvalue weighted by atomic mass is 32.2. The molecule has 2 fully saturated rings. The largest absolute Gasteiger partial charge is 0.299 e. The Morgan fingerprint density at radius 1 is 1.19 bits per heavy atom. The molecule has 1 aromatic carbocycles. The summed E-state index contributed by atoms with van der Waals surface area (Å²) in [5.74, 6) is 0.568. The van der Waals surface area contributed by atoms with Gasteiger partial charge in [0, 0.05) is 11.8 Å². The van der Waals surface area contributed by atoms with Gasteiger partial charge in [-0.3, -0.25) is 4.79 Å². The number of Topliss-reactive ketones (excluding diaryl/α,β-unsaturated/α-hetero) is 1. The number of benzene rings is 1. The molecule has 0 aromatic heterocycles. The predicted molar refractivity (Wildman–Crippen MR) is 82.5 cm³/mol. The summed E-state index contributed by atoms with van der Waals surface area (Å²) in [4.78, 5) is 12.4. The van der Waals surface area contributed by atoms with Crippen LogP contribution in [0.3, 0.4) is 0 Å². The van der Waals surface area contributed by atoms with Crippen molar-refractivity contribution in [1.29, 1.82) is 0 Å². The molecule has 2 saturated carbocycles. The maximum absolute atomic E-state index is 12.6. The molecule has 0 amide bonds. The van der Waals surface area contributed by atoms with Gasteiger partial charge in [-0.25, -0.2) is 8.42 Å². The summed E-state index contributed by atoms with van der Waals surface area (Å²) in [7, 11) is -3.29. The minimum absolute atomic E-state index is 0.0111. The van der Waals surface area contributed by atoms with Gasteiger partial charge in [-0.05, 0) is 29.7 Å². The minimum atomic E-state index is -3.29. The maximum Gasteiger partial charge on any atom is 0.155 e. The van der Waals surface area contributed by atoms with Crippen LogP contribution in [0.4, 0.5) is 0 Å². The van der Waals surface area contributed by atoms with Crippen molar-refractivity contribution in [3.05, 3.63) is 35.9 Å². The van der Waals surface area contributed by atoms with Crippen LogP contribution in [0.15, 0.2) is 30.3 Å². The van der Waals surface area contributed by atoms with Crippen LogP contribution < -0.4 is 0 Å². The monoisotopic (exact) mass is 306 g/mol. The van der Waals surface area contributed by atoms with Crippen LogP contribution in [-0.4, -0.2) is 20.0 Å². The van der Waals surface area contributed by atoms with Crippen molar-refractivity contribution in [3.63, 3.8) is 0 Å². The van der Waals surface area contributed by atoms with E-state index in [0.717, 1.165) is 18.4 Å². The van der Waals surface area contributed by atoms with Crippen LogP contribution in [0.5, 0.6) is 0 Å². The van der Waals surface area contributed by atoms with Gasteiger partial charge in [0.15, 0.2) is 9.84 Å². The van der Waals surface area contributed by atoms with E-state index >= 15 is 0 Å². The zero-order valence-corrected chi connectivity index (χ0v) is 13.4. The predicted octanol–water partition coefficient (Wildman–Crippen LogP) is 3.00. The zero-order valence-electron chi connectivity index (χ0n) is 12.6. The first-order valence-electron chi connectivity index (χ1n) is 7.54. The van der Waals surface area contributed by atoms with E-state index in [4.69, 9.17) is 0 Å². The molecule has 3 nitrogen and oxygen atoms in total. The third kappa shape index (κ3) is 2.24. The summed E-state index contributed by atoms with van der Waals surface area (Å²) in [5, 5.41) is 0. The number of carbonyl (C=O) groups is 1. The Kier molecular flexibility index (Phi) is 3.28. The lowest BCUT2D eigenvalue weighted by molar-refractivity contribution is -0.128. The quantitative estimate of drug-likeness (QED) is 0.859. The smallest absolute Gasteiger partial charge is 0.155 e. The number of carbonyl (C=O) groups excluding carboxylic acids is 1. The molecule has 0 radical (unpaired) electrons. The fourth-order valence-corrected chi connectivity index (χ4v) is 6.59. The minimum Gasteiger partial charge on any atom is -0.299 e. The number of hydrogen-bond acceptors (Lipinski definition) is 3. The van der Waals surface area contributed by atoms with Crippen molar-refractivity contribution in [2.24, 2.45) is 16.7 Å². The van der Waals surface area contributed by atoms with Crippen molar-refractivity contribution >= 4 is 15.6 Å². The van der Waals surface area contributed by atoms with Gasteiger partial charge < -0.3 is 0 Å². The van der Waals surface area contributed by atoms with Crippen molar-refractivity contribution in [3.8, 4) is 0 Å². The van der Waals surface area contributed by atoms with Crippen LogP contribution in [0, 0.1) is 16.7 Å². The van der Waals surface area contributed by atoms with Gasteiger partial charge in [0.25, 0.3) is 0 Å². The van der Waals surface area contributed by atoms with E-state index in [1.807, 2.05) is 30.3 Å². The molecule has 0 spiro atoms. The highest BCUT2D eigenvalue weighted by molar-refractivity contribution is 7.90. The second kappa shape index (κ2) is 4.67. The Balaban J connectivity index is 1.87. The Bertz CT molecular complexity index is 661. The molecule has 0 unspecified atom stereocenters. The average Bonchev–Trinajstić information content (AvgIpc) is 2.72. The van der Waals surface area contributed by atoms with Crippen molar-refractivity contribution in [1.82, 2.24) is 0 Å². The summed E-state index contributed by atoms with van der Waals surface area (Å²) in [6, 6.07) is 9.22. The number of fused-ring (bicyclic) bond motifs is 2. The summed E-state index contributed by atoms with van der Waals surface area (Å²) in [5.41, 5.74) is -0.0363. The van der Waals surface area contributed by atoms with E-state index in [-0.39, 0.29) is 22.7 Å². The molecular formula is C17H22O3S. The first-order chi connectivity index (χ1) is 9.77. The molecule has 0 aliphatic heterocycles. The molecule has 114 valence electrons. The van der Waals surface area contributed by atoms with Crippen molar-refractivity contribution in [2.75, 3.05) is 5.75 Å². The second-order valence-corrected chi connectivity index (χ2v) is 9.25. The first-order valence-corrected chi connectivity index (χ1v) is 9.37. The molecule has 2 atom stereocenters. The fraction of sp³-hybridized carbons (Fsp3) is 0.588. The normalized spacial score (nSPS) is 30.8. The van der Waals surface area contributed by atoms with Crippen LogP contribution in [0.25, 0.3) is 0 Å². The molecule has 0 N–H and O–H groups in total.